The fraction of sp³-hybridized carbons (Fsp3) is 1.00. The molecule has 0 aromatic carbocycles. The predicted octanol–water partition coefficient (Wildman–Crippen LogP) is -0.573. The van der Waals surface area contributed by atoms with Gasteiger partial charge in [-0.1, -0.05) is 0 Å². The summed E-state index contributed by atoms with van der Waals surface area (Å²) in [7, 11) is 0. The third kappa shape index (κ3) is 22.4. The van der Waals surface area contributed by atoms with Crippen molar-refractivity contribution in [3.8, 4) is 0 Å². The Hall–Kier alpha value is 0.503. The van der Waals surface area contributed by atoms with Gasteiger partial charge >= 0.3 is 26.9 Å². The van der Waals surface area contributed by atoms with E-state index in [1.165, 1.54) is 0 Å². The second-order valence-electron chi connectivity index (χ2n) is 0.707. The molecule has 0 radical (unpaired) electrons. The van der Waals surface area contributed by atoms with Gasteiger partial charge in [0.2, 0.25) is 0 Å². The molecule has 2 N–H and O–H groups in total. The van der Waals surface area contributed by atoms with Crippen LogP contribution in [-0.4, -0.2) is 20.9 Å². The summed E-state index contributed by atoms with van der Waals surface area (Å²) < 4.78 is 0. The summed E-state index contributed by atoms with van der Waals surface area (Å²) in [6, 6.07) is 0. The van der Waals surface area contributed by atoms with Crippen LogP contribution in [0.25, 0.3) is 0 Å². The van der Waals surface area contributed by atoms with E-state index in [2.05, 4.69) is 11.5 Å². The van der Waals surface area contributed by atoms with Crippen molar-refractivity contribution in [1.29, 1.82) is 0 Å². The van der Waals surface area contributed by atoms with Crippen molar-refractivity contribution < 1.29 is 5.48 Å². The zero-order valence-corrected chi connectivity index (χ0v) is 6.17. The molecule has 0 heterocycles. The fourth-order valence-electron chi connectivity index (χ4n) is 0. The molecule has 0 atom stereocenters. The van der Waals surface area contributed by atoms with Gasteiger partial charge in [-0.05, 0) is 0 Å². The first-order chi connectivity index (χ1) is 1.41. The first-order valence-electron chi connectivity index (χ1n) is 1.41. The standard InChI is InChI=1S/C2H8Ge.H2O/c1-3-2;/h3H2,1-2H3;1H2. The maximum atomic E-state index is 2.31. The average molecular weight is 123 g/mol. The van der Waals surface area contributed by atoms with E-state index in [4.69, 9.17) is 0 Å². The van der Waals surface area contributed by atoms with Gasteiger partial charge in [0.25, 0.3) is 0 Å². The van der Waals surface area contributed by atoms with Crippen LogP contribution in [0.1, 0.15) is 0 Å². The van der Waals surface area contributed by atoms with Crippen molar-refractivity contribution in [1.82, 2.24) is 0 Å². The Bertz CT molecular complexity index is 6.00. The van der Waals surface area contributed by atoms with Crippen LogP contribution >= 0.6 is 0 Å². The molecule has 0 spiro atoms. The molecule has 28 valence electrons. The van der Waals surface area contributed by atoms with E-state index in [9.17, 15) is 0 Å². The Labute approximate surface area is 33.2 Å². The van der Waals surface area contributed by atoms with Gasteiger partial charge in [-0.2, -0.15) is 0 Å². The van der Waals surface area contributed by atoms with E-state index >= 15 is 0 Å². The summed E-state index contributed by atoms with van der Waals surface area (Å²) in [6.45, 7) is 0. The van der Waals surface area contributed by atoms with E-state index in [0.29, 0.717) is 0 Å². The molecular formula is C2H10GeO. The van der Waals surface area contributed by atoms with Crippen molar-refractivity contribution in [2.45, 2.75) is 11.5 Å². The predicted molar refractivity (Wildman–Crippen MR) is 23.9 cm³/mol. The van der Waals surface area contributed by atoms with Crippen LogP contribution in [0.4, 0.5) is 0 Å². The minimum absolute atomic E-state index is 0. The van der Waals surface area contributed by atoms with E-state index in [1.54, 1.807) is 0 Å². The van der Waals surface area contributed by atoms with Crippen LogP contribution in [0.2, 0.25) is 11.5 Å². The molecule has 0 unspecified atom stereocenters. The monoisotopic (exact) mass is 124 g/mol. The summed E-state index contributed by atoms with van der Waals surface area (Å²) in [5.74, 6) is 4.62. The van der Waals surface area contributed by atoms with Crippen molar-refractivity contribution in [2.24, 2.45) is 0 Å². The number of rotatable bonds is 0. The second-order valence-corrected chi connectivity index (χ2v) is 3.67. The average Bonchev–Trinajstić information content (AvgIpc) is 0.918. The van der Waals surface area contributed by atoms with Gasteiger partial charge in [0, 0.05) is 0 Å². The quantitative estimate of drug-likeness (QED) is 0.386. The molecule has 0 amide bonds. The van der Waals surface area contributed by atoms with Crippen LogP contribution in [0.3, 0.4) is 0 Å². The van der Waals surface area contributed by atoms with E-state index in [1.807, 2.05) is 0 Å². The molecule has 0 fully saturated rings. The first-order valence-corrected chi connectivity index (χ1v) is 7.35. The molecule has 0 aliphatic carbocycles. The van der Waals surface area contributed by atoms with Crippen molar-refractivity contribution in [3.05, 3.63) is 0 Å². The molecule has 0 bridgehead atoms. The van der Waals surface area contributed by atoms with E-state index in [0.717, 1.165) is 0 Å². The molecule has 0 aliphatic rings. The van der Waals surface area contributed by atoms with Crippen LogP contribution in [0, 0.1) is 0 Å². The molecule has 0 aromatic heterocycles. The molecule has 0 aliphatic heterocycles. The minimum atomic E-state index is 0. The normalized spacial score (nSPS) is 4.50. The summed E-state index contributed by atoms with van der Waals surface area (Å²) in [5, 5.41) is 0. The summed E-state index contributed by atoms with van der Waals surface area (Å²) >= 11 is 0.125. The third-order valence-corrected chi connectivity index (χ3v) is 0. The molecular weight excluding hydrogens is 113 g/mol. The van der Waals surface area contributed by atoms with Gasteiger partial charge in [0.15, 0.2) is 0 Å². The van der Waals surface area contributed by atoms with Gasteiger partial charge in [-0.25, -0.2) is 0 Å². The van der Waals surface area contributed by atoms with Crippen molar-refractivity contribution in [3.63, 3.8) is 0 Å². The maximum absolute atomic E-state index is 2.31. The SMILES string of the molecule is O.[CH3][GeH2][CH3]. The van der Waals surface area contributed by atoms with Crippen LogP contribution < -0.4 is 0 Å². The zero-order valence-electron chi connectivity index (χ0n) is 3.21. The Morgan fingerprint density at radius 2 is 1.25 bits per heavy atom. The summed E-state index contributed by atoms with van der Waals surface area (Å²) in [4.78, 5) is 0. The van der Waals surface area contributed by atoms with Gasteiger partial charge in [0.05, 0.1) is 0 Å². The molecule has 0 saturated heterocycles. The second kappa shape index (κ2) is 9.72. The molecule has 2 heteroatoms. The molecule has 0 rings (SSSR count). The Kier molecular flexibility index (Phi) is 21.4. The Balaban J connectivity index is 0. The fourth-order valence-corrected chi connectivity index (χ4v) is 0. The van der Waals surface area contributed by atoms with Crippen LogP contribution in [0.5, 0.6) is 0 Å². The first kappa shape index (κ1) is 8.82. The molecule has 0 aromatic rings. The zero-order chi connectivity index (χ0) is 2.71. The van der Waals surface area contributed by atoms with E-state index in [-0.39, 0.29) is 20.9 Å². The molecule has 1 nitrogen and oxygen atoms in total. The van der Waals surface area contributed by atoms with Gasteiger partial charge < -0.3 is 5.48 Å². The summed E-state index contributed by atoms with van der Waals surface area (Å²) in [5.41, 5.74) is 0. The topological polar surface area (TPSA) is 31.5 Å². The van der Waals surface area contributed by atoms with Crippen LogP contribution in [0.15, 0.2) is 0 Å². The summed E-state index contributed by atoms with van der Waals surface area (Å²) in [6.07, 6.45) is 0. The number of hydrogen-bond donors (Lipinski definition) is 0. The Morgan fingerprint density at radius 1 is 1.25 bits per heavy atom. The van der Waals surface area contributed by atoms with Crippen molar-refractivity contribution in [2.75, 3.05) is 0 Å². The molecule has 0 saturated carbocycles. The van der Waals surface area contributed by atoms with Gasteiger partial charge in [-0.3, -0.25) is 0 Å². The van der Waals surface area contributed by atoms with Crippen LogP contribution in [-0.2, 0) is 0 Å². The third-order valence-electron chi connectivity index (χ3n) is 0. The number of hydrogen-bond acceptors (Lipinski definition) is 0. The van der Waals surface area contributed by atoms with Gasteiger partial charge in [-0.15, -0.1) is 0 Å². The van der Waals surface area contributed by atoms with E-state index < -0.39 is 0 Å². The Morgan fingerprint density at radius 3 is 1.25 bits per heavy atom. The molecule has 4 heavy (non-hydrogen) atoms. The van der Waals surface area contributed by atoms with Gasteiger partial charge in [0.1, 0.15) is 0 Å². The van der Waals surface area contributed by atoms with Crippen molar-refractivity contribution >= 4 is 15.4 Å².